The molecule has 2 unspecified atom stereocenters. The third kappa shape index (κ3) is 4.57. The van der Waals surface area contributed by atoms with Gasteiger partial charge in [0.15, 0.2) is 6.10 Å². The predicted molar refractivity (Wildman–Crippen MR) is 61.8 cm³/mol. The first kappa shape index (κ1) is 14.3. The fourth-order valence-electron chi connectivity index (χ4n) is 1.14. The Balaban J connectivity index is 2.53. The zero-order chi connectivity index (χ0) is 13.1. The van der Waals surface area contributed by atoms with Gasteiger partial charge in [-0.15, -0.1) is 11.8 Å². The molecule has 0 bridgehead atoms. The van der Waals surface area contributed by atoms with E-state index in [2.05, 4.69) is 0 Å². The van der Waals surface area contributed by atoms with E-state index >= 15 is 0 Å². The summed E-state index contributed by atoms with van der Waals surface area (Å²) in [6.45, 7) is 1.83. The number of nitrogens with two attached hydrogens (primary N) is 1. The van der Waals surface area contributed by atoms with Gasteiger partial charge in [-0.2, -0.15) is 13.2 Å². The van der Waals surface area contributed by atoms with Gasteiger partial charge in [0.25, 0.3) is 0 Å². The first-order valence-corrected chi connectivity index (χ1v) is 6.02. The maximum Gasteiger partial charge on any atom is 0.415 e. The third-order valence-electron chi connectivity index (χ3n) is 2.19. The van der Waals surface area contributed by atoms with Crippen molar-refractivity contribution in [3.8, 4) is 0 Å². The standard InChI is InChI=1S/C11H14F3NOS/c1-7(15)8-2-4-9(5-3-8)17-6-10(16)11(12,13)14/h2-5,7,10,16H,6,15H2,1H3. The van der Waals surface area contributed by atoms with Crippen molar-refractivity contribution in [3.05, 3.63) is 29.8 Å². The number of aliphatic hydroxyl groups excluding tert-OH is 1. The molecule has 1 aromatic rings. The fourth-order valence-corrected chi connectivity index (χ4v) is 2.01. The summed E-state index contributed by atoms with van der Waals surface area (Å²) in [4.78, 5) is 0.678. The zero-order valence-electron chi connectivity index (χ0n) is 9.24. The highest BCUT2D eigenvalue weighted by Gasteiger charge is 2.37. The van der Waals surface area contributed by atoms with Crippen LogP contribution in [0.4, 0.5) is 13.2 Å². The van der Waals surface area contributed by atoms with Gasteiger partial charge in [-0.25, -0.2) is 0 Å². The minimum Gasteiger partial charge on any atom is -0.383 e. The molecule has 0 saturated heterocycles. The molecule has 2 atom stereocenters. The van der Waals surface area contributed by atoms with Gasteiger partial charge >= 0.3 is 6.18 Å². The lowest BCUT2D eigenvalue weighted by molar-refractivity contribution is -0.195. The summed E-state index contributed by atoms with van der Waals surface area (Å²) in [5, 5.41) is 8.82. The molecule has 3 N–H and O–H groups in total. The van der Waals surface area contributed by atoms with E-state index in [0.29, 0.717) is 4.90 Å². The summed E-state index contributed by atoms with van der Waals surface area (Å²) in [7, 11) is 0. The first-order valence-electron chi connectivity index (χ1n) is 5.04. The number of hydrogen-bond acceptors (Lipinski definition) is 3. The molecule has 0 aliphatic carbocycles. The van der Waals surface area contributed by atoms with Crippen molar-refractivity contribution < 1.29 is 18.3 Å². The summed E-state index contributed by atoms with van der Waals surface area (Å²) in [5.41, 5.74) is 6.57. The summed E-state index contributed by atoms with van der Waals surface area (Å²) < 4.78 is 36.1. The molecule has 1 rings (SSSR count). The summed E-state index contributed by atoms with van der Waals surface area (Å²) in [6.07, 6.45) is -6.85. The highest BCUT2D eigenvalue weighted by Crippen LogP contribution is 2.27. The Morgan fingerprint density at radius 3 is 2.24 bits per heavy atom. The SMILES string of the molecule is CC(N)c1ccc(SCC(O)C(F)(F)F)cc1. The lowest BCUT2D eigenvalue weighted by Crippen LogP contribution is -2.30. The Hall–Kier alpha value is -0.720. The molecule has 0 radical (unpaired) electrons. The Morgan fingerprint density at radius 1 is 1.29 bits per heavy atom. The van der Waals surface area contributed by atoms with Gasteiger partial charge < -0.3 is 10.8 Å². The van der Waals surface area contributed by atoms with E-state index in [1.54, 1.807) is 24.3 Å². The molecule has 0 fully saturated rings. The molecule has 2 nitrogen and oxygen atoms in total. The van der Waals surface area contributed by atoms with Crippen LogP contribution in [0.25, 0.3) is 0 Å². The van der Waals surface area contributed by atoms with Crippen molar-refractivity contribution in [2.75, 3.05) is 5.75 Å². The molecule has 6 heteroatoms. The van der Waals surface area contributed by atoms with E-state index in [1.165, 1.54) is 0 Å². The lowest BCUT2D eigenvalue weighted by atomic mass is 10.1. The minimum absolute atomic E-state index is 0.102. The summed E-state index contributed by atoms with van der Waals surface area (Å²) in [6, 6.07) is 6.84. The van der Waals surface area contributed by atoms with Gasteiger partial charge in [-0.1, -0.05) is 12.1 Å². The predicted octanol–water partition coefficient (Wildman–Crippen LogP) is 2.72. The number of alkyl halides is 3. The summed E-state index contributed by atoms with van der Waals surface area (Å²) >= 11 is 0.965. The van der Waals surface area contributed by atoms with E-state index in [0.717, 1.165) is 17.3 Å². The second-order valence-electron chi connectivity index (χ2n) is 3.73. The second-order valence-corrected chi connectivity index (χ2v) is 4.82. The number of rotatable bonds is 4. The van der Waals surface area contributed by atoms with Gasteiger partial charge in [-0.3, -0.25) is 0 Å². The molecule has 0 amide bonds. The van der Waals surface area contributed by atoms with E-state index in [1.807, 2.05) is 6.92 Å². The van der Waals surface area contributed by atoms with E-state index in [4.69, 9.17) is 10.8 Å². The van der Waals surface area contributed by atoms with Crippen molar-refractivity contribution >= 4 is 11.8 Å². The average molecular weight is 265 g/mol. The fraction of sp³-hybridized carbons (Fsp3) is 0.455. The molecular formula is C11H14F3NOS. The Kier molecular flexibility index (Phi) is 4.85. The second kappa shape index (κ2) is 5.75. The topological polar surface area (TPSA) is 46.2 Å². The van der Waals surface area contributed by atoms with Crippen LogP contribution in [0.15, 0.2) is 29.2 Å². The van der Waals surface area contributed by atoms with E-state index in [9.17, 15) is 13.2 Å². The molecule has 0 heterocycles. The Bertz CT molecular complexity index is 351. The van der Waals surface area contributed by atoms with Crippen molar-refractivity contribution in [1.82, 2.24) is 0 Å². The van der Waals surface area contributed by atoms with Crippen LogP contribution >= 0.6 is 11.8 Å². The Morgan fingerprint density at radius 2 is 1.82 bits per heavy atom. The van der Waals surface area contributed by atoms with Gasteiger partial charge in [0, 0.05) is 16.7 Å². The number of aliphatic hydroxyl groups is 1. The van der Waals surface area contributed by atoms with Crippen molar-refractivity contribution in [2.24, 2.45) is 5.73 Å². The van der Waals surface area contributed by atoms with Crippen LogP contribution in [-0.2, 0) is 0 Å². The number of benzene rings is 1. The molecule has 0 saturated carbocycles. The average Bonchev–Trinajstić information content (AvgIpc) is 2.25. The van der Waals surface area contributed by atoms with Crippen LogP contribution in [0.3, 0.4) is 0 Å². The highest BCUT2D eigenvalue weighted by atomic mass is 32.2. The van der Waals surface area contributed by atoms with Gasteiger partial charge in [0.1, 0.15) is 0 Å². The van der Waals surface area contributed by atoms with Crippen LogP contribution < -0.4 is 5.73 Å². The van der Waals surface area contributed by atoms with Crippen molar-refractivity contribution in [1.29, 1.82) is 0 Å². The van der Waals surface area contributed by atoms with Crippen LogP contribution in [0.1, 0.15) is 18.5 Å². The molecule has 0 aromatic heterocycles. The first-order chi connectivity index (χ1) is 7.80. The molecule has 0 aliphatic heterocycles. The molecule has 96 valence electrons. The molecule has 17 heavy (non-hydrogen) atoms. The van der Waals surface area contributed by atoms with Gasteiger partial charge in [-0.05, 0) is 24.6 Å². The van der Waals surface area contributed by atoms with Gasteiger partial charge in [0.05, 0.1) is 0 Å². The smallest absolute Gasteiger partial charge is 0.383 e. The minimum atomic E-state index is -4.56. The number of thioether (sulfide) groups is 1. The van der Waals surface area contributed by atoms with Crippen LogP contribution in [0, 0.1) is 0 Å². The van der Waals surface area contributed by atoms with Crippen LogP contribution in [0.5, 0.6) is 0 Å². The van der Waals surface area contributed by atoms with Crippen molar-refractivity contribution in [3.63, 3.8) is 0 Å². The maximum atomic E-state index is 12.0. The normalized spacial score (nSPS) is 15.6. The maximum absolute atomic E-state index is 12.0. The summed E-state index contributed by atoms with van der Waals surface area (Å²) in [5.74, 6) is -0.402. The number of halogens is 3. The van der Waals surface area contributed by atoms with E-state index < -0.39 is 18.0 Å². The number of hydrogen-bond donors (Lipinski definition) is 2. The van der Waals surface area contributed by atoms with E-state index in [-0.39, 0.29) is 6.04 Å². The van der Waals surface area contributed by atoms with Gasteiger partial charge in [0.2, 0.25) is 0 Å². The molecular weight excluding hydrogens is 251 g/mol. The molecule has 0 aliphatic rings. The Labute approximate surface area is 102 Å². The third-order valence-corrected chi connectivity index (χ3v) is 3.28. The quantitative estimate of drug-likeness (QED) is 0.823. The van der Waals surface area contributed by atoms with Crippen LogP contribution in [0.2, 0.25) is 0 Å². The van der Waals surface area contributed by atoms with Crippen molar-refractivity contribution in [2.45, 2.75) is 30.1 Å². The molecule has 1 aromatic carbocycles. The molecule has 0 spiro atoms. The highest BCUT2D eigenvalue weighted by molar-refractivity contribution is 7.99. The lowest BCUT2D eigenvalue weighted by Gasteiger charge is -2.14. The zero-order valence-corrected chi connectivity index (χ0v) is 10.1. The monoisotopic (exact) mass is 265 g/mol. The largest absolute Gasteiger partial charge is 0.415 e. The van der Waals surface area contributed by atoms with Crippen LogP contribution in [-0.4, -0.2) is 23.1 Å².